The lowest BCUT2D eigenvalue weighted by molar-refractivity contribution is 0.590. The molecule has 3 nitrogen and oxygen atoms in total. The van der Waals surface area contributed by atoms with Gasteiger partial charge >= 0.3 is 0 Å². The lowest BCUT2D eigenvalue weighted by Crippen LogP contribution is -2.43. The first kappa shape index (κ1) is 13.0. The van der Waals surface area contributed by atoms with E-state index in [1.807, 2.05) is 19.1 Å². The van der Waals surface area contributed by atoms with Crippen molar-refractivity contribution in [1.82, 2.24) is 10.3 Å². The van der Waals surface area contributed by atoms with Gasteiger partial charge in [0.1, 0.15) is 0 Å². The normalized spacial score (nSPS) is 16.1. The minimum Gasteiger partial charge on any atom is -0.367 e. The molecule has 1 saturated heterocycles. The molecular weight excluding hydrogens is 281 g/mol. The van der Waals surface area contributed by atoms with Gasteiger partial charge in [0, 0.05) is 37.8 Å². The number of benzene rings is 1. The van der Waals surface area contributed by atoms with Crippen molar-refractivity contribution in [3.8, 4) is 0 Å². The van der Waals surface area contributed by atoms with Gasteiger partial charge in [0.25, 0.3) is 0 Å². The zero-order valence-corrected chi connectivity index (χ0v) is 12.2. The molecular formula is C14H15Cl2N3. The van der Waals surface area contributed by atoms with Crippen LogP contribution in [-0.2, 0) is 0 Å². The van der Waals surface area contributed by atoms with Crippen LogP contribution >= 0.6 is 23.2 Å². The molecule has 0 radical (unpaired) electrons. The molecule has 3 rings (SSSR count). The van der Waals surface area contributed by atoms with E-state index in [2.05, 4.69) is 15.2 Å². The highest BCUT2D eigenvalue weighted by molar-refractivity contribution is 6.39. The van der Waals surface area contributed by atoms with Crippen LogP contribution < -0.4 is 10.2 Å². The first-order valence-electron chi connectivity index (χ1n) is 6.37. The predicted molar refractivity (Wildman–Crippen MR) is 81.6 cm³/mol. The van der Waals surface area contributed by atoms with Crippen molar-refractivity contribution < 1.29 is 0 Å². The van der Waals surface area contributed by atoms with Crippen LogP contribution in [0.1, 0.15) is 5.56 Å². The number of pyridine rings is 1. The zero-order valence-electron chi connectivity index (χ0n) is 10.7. The Balaban J connectivity index is 2.26. The largest absolute Gasteiger partial charge is 0.367 e. The van der Waals surface area contributed by atoms with Gasteiger partial charge in [0.05, 0.1) is 21.2 Å². The van der Waals surface area contributed by atoms with E-state index < -0.39 is 0 Å². The van der Waals surface area contributed by atoms with Gasteiger partial charge in [-0.05, 0) is 18.6 Å². The van der Waals surface area contributed by atoms with E-state index in [1.54, 1.807) is 6.20 Å². The summed E-state index contributed by atoms with van der Waals surface area (Å²) in [5, 5.41) is 5.69. The lowest BCUT2D eigenvalue weighted by atomic mass is 10.1. The van der Waals surface area contributed by atoms with Crippen molar-refractivity contribution in [2.75, 3.05) is 31.1 Å². The number of fused-ring (bicyclic) bond motifs is 1. The maximum absolute atomic E-state index is 6.38. The number of halogens is 2. The molecule has 0 unspecified atom stereocenters. The first-order valence-corrected chi connectivity index (χ1v) is 7.13. The second kappa shape index (κ2) is 5.16. The fraction of sp³-hybridized carbons (Fsp3) is 0.357. The minimum atomic E-state index is 0.668. The number of aryl methyl sites for hydroxylation is 1. The van der Waals surface area contributed by atoms with E-state index in [0.717, 1.165) is 48.3 Å². The lowest BCUT2D eigenvalue weighted by Gasteiger charge is -2.31. The summed E-state index contributed by atoms with van der Waals surface area (Å²) in [7, 11) is 0. The van der Waals surface area contributed by atoms with Crippen LogP contribution in [0.2, 0.25) is 10.0 Å². The number of nitrogens with zero attached hydrogens (tertiary/aromatic N) is 2. The Morgan fingerprint density at radius 1 is 1.16 bits per heavy atom. The number of piperazine rings is 1. The molecule has 0 aliphatic carbocycles. The Labute approximate surface area is 122 Å². The van der Waals surface area contributed by atoms with Crippen molar-refractivity contribution in [1.29, 1.82) is 0 Å². The Hall–Kier alpha value is -1.03. The smallest absolute Gasteiger partial charge is 0.0829 e. The highest BCUT2D eigenvalue weighted by Gasteiger charge is 2.19. The molecule has 2 aromatic rings. The summed E-state index contributed by atoms with van der Waals surface area (Å²) in [5.41, 5.74) is 3.07. The van der Waals surface area contributed by atoms with Crippen molar-refractivity contribution in [2.45, 2.75) is 6.92 Å². The summed E-state index contributed by atoms with van der Waals surface area (Å²) < 4.78 is 0. The van der Waals surface area contributed by atoms with Crippen molar-refractivity contribution in [2.24, 2.45) is 0 Å². The van der Waals surface area contributed by atoms with Gasteiger partial charge in [0.2, 0.25) is 0 Å². The van der Waals surface area contributed by atoms with Crippen LogP contribution in [0, 0.1) is 6.92 Å². The fourth-order valence-corrected chi connectivity index (χ4v) is 3.07. The molecule has 19 heavy (non-hydrogen) atoms. The minimum absolute atomic E-state index is 0.668. The Morgan fingerprint density at radius 2 is 1.89 bits per heavy atom. The zero-order chi connectivity index (χ0) is 13.4. The summed E-state index contributed by atoms with van der Waals surface area (Å²) in [6, 6.07) is 3.91. The second-order valence-corrected chi connectivity index (χ2v) is 5.59. The quantitative estimate of drug-likeness (QED) is 0.875. The average Bonchev–Trinajstić information content (AvgIpc) is 2.44. The van der Waals surface area contributed by atoms with E-state index in [0.29, 0.717) is 10.0 Å². The molecule has 100 valence electrons. The summed E-state index contributed by atoms with van der Waals surface area (Å²) >= 11 is 12.8. The van der Waals surface area contributed by atoms with Crippen LogP contribution in [0.5, 0.6) is 0 Å². The van der Waals surface area contributed by atoms with Crippen LogP contribution in [0.4, 0.5) is 5.69 Å². The highest BCUT2D eigenvalue weighted by atomic mass is 35.5. The third-order valence-corrected chi connectivity index (χ3v) is 4.12. The Bertz CT molecular complexity index is 622. The van der Waals surface area contributed by atoms with Crippen LogP contribution in [0.3, 0.4) is 0 Å². The second-order valence-electron chi connectivity index (χ2n) is 4.78. The van der Waals surface area contributed by atoms with E-state index in [4.69, 9.17) is 23.2 Å². The SMILES string of the molecule is Cc1ccc(Cl)c2c(N3CCNCC3)c(Cl)cnc12. The van der Waals surface area contributed by atoms with Gasteiger partial charge in [0.15, 0.2) is 0 Å². The molecule has 1 aromatic carbocycles. The maximum Gasteiger partial charge on any atom is 0.0829 e. The molecule has 1 aliphatic heterocycles. The summed E-state index contributed by atoms with van der Waals surface area (Å²) in [6.07, 6.45) is 1.73. The highest BCUT2D eigenvalue weighted by Crippen LogP contribution is 2.38. The maximum atomic E-state index is 6.38. The predicted octanol–water partition coefficient (Wildman–Crippen LogP) is 3.26. The third kappa shape index (κ3) is 2.27. The summed E-state index contributed by atoms with van der Waals surface area (Å²) in [6.45, 7) is 5.83. The molecule has 5 heteroatoms. The Morgan fingerprint density at radius 3 is 2.63 bits per heavy atom. The number of rotatable bonds is 1. The molecule has 0 amide bonds. The van der Waals surface area contributed by atoms with Gasteiger partial charge in [-0.3, -0.25) is 4.98 Å². The topological polar surface area (TPSA) is 28.2 Å². The third-order valence-electron chi connectivity index (χ3n) is 3.53. The molecule has 0 atom stereocenters. The van der Waals surface area contributed by atoms with E-state index in [-0.39, 0.29) is 0 Å². The summed E-state index contributed by atoms with van der Waals surface area (Å²) in [5.74, 6) is 0. The number of hydrogen-bond acceptors (Lipinski definition) is 3. The number of hydrogen-bond donors (Lipinski definition) is 1. The van der Waals surface area contributed by atoms with Crippen molar-refractivity contribution in [3.63, 3.8) is 0 Å². The molecule has 0 bridgehead atoms. The summed E-state index contributed by atoms with van der Waals surface area (Å²) in [4.78, 5) is 6.72. The van der Waals surface area contributed by atoms with Gasteiger partial charge in [-0.15, -0.1) is 0 Å². The molecule has 2 heterocycles. The van der Waals surface area contributed by atoms with Gasteiger partial charge in [-0.1, -0.05) is 29.3 Å². The fourth-order valence-electron chi connectivity index (χ4n) is 2.56. The Kier molecular flexibility index (Phi) is 3.52. The van der Waals surface area contributed by atoms with Gasteiger partial charge in [-0.25, -0.2) is 0 Å². The van der Waals surface area contributed by atoms with Crippen LogP contribution in [-0.4, -0.2) is 31.2 Å². The van der Waals surface area contributed by atoms with E-state index in [1.165, 1.54) is 0 Å². The van der Waals surface area contributed by atoms with Gasteiger partial charge in [-0.2, -0.15) is 0 Å². The number of anilines is 1. The van der Waals surface area contributed by atoms with Crippen LogP contribution in [0.15, 0.2) is 18.3 Å². The number of aromatic nitrogens is 1. The van der Waals surface area contributed by atoms with Crippen molar-refractivity contribution >= 4 is 39.8 Å². The molecule has 1 aromatic heterocycles. The molecule has 1 N–H and O–H groups in total. The molecule has 1 aliphatic rings. The van der Waals surface area contributed by atoms with Gasteiger partial charge < -0.3 is 10.2 Å². The molecule has 0 saturated carbocycles. The standard InChI is InChI=1S/C14H15Cl2N3/c1-9-2-3-10(15)12-13(9)18-8-11(16)14(12)19-6-4-17-5-7-19/h2-3,8,17H,4-7H2,1H3. The number of nitrogens with one attached hydrogen (secondary N) is 1. The molecule has 0 spiro atoms. The average molecular weight is 296 g/mol. The monoisotopic (exact) mass is 295 g/mol. The molecule has 1 fully saturated rings. The first-order chi connectivity index (χ1) is 9.18. The van der Waals surface area contributed by atoms with E-state index in [9.17, 15) is 0 Å². The van der Waals surface area contributed by atoms with Crippen LogP contribution in [0.25, 0.3) is 10.9 Å². The van der Waals surface area contributed by atoms with Crippen molar-refractivity contribution in [3.05, 3.63) is 33.9 Å². The van der Waals surface area contributed by atoms with E-state index >= 15 is 0 Å².